The number of carbonyl (C=O) groups is 1. The van der Waals surface area contributed by atoms with Crippen LogP contribution in [0.15, 0.2) is 48.0 Å². The Balaban J connectivity index is 1.97. The lowest BCUT2D eigenvalue weighted by Gasteiger charge is -2.17. The number of aryl methyl sites for hydroxylation is 1. The molecule has 2 aromatic rings. The Bertz CT molecular complexity index is 719. The Morgan fingerprint density at radius 2 is 1.90 bits per heavy atom. The summed E-state index contributed by atoms with van der Waals surface area (Å²) >= 11 is 5.76. The van der Waals surface area contributed by atoms with E-state index < -0.39 is 5.82 Å². The molecule has 1 aliphatic rings. The monoisotopic (exact) mass is 286 g/mol. The number of fused-ring (bicyclic) bond motifs is 1. The third-order valence-corrected chi connectivity index (χ3v) is 3.79. The molecule has 0 radical (unpaired) electrons. The van der Waals surface area contributed by atoms with E-state index in [4.69, 9.17) is 11.6 Å². The van der Waals surface area contributed by atoms with Gasteiger partial charge in [0.25, 0.3) is 0 Å². The van der Waals surface area contributed by atoms with Crippen LogP contribution >= 0.6 is 11.6 Å². The van der Waals surface area contributed by atoms with E-state index in [0.717, 1.165) is 28.7 Å². The molecule has 1 nitrogen and oxygen atoms in total. The van der Waals surface area contributed by atoms with Crippen molar-refractivity contribution in [1.82, 2.24) is 0 Å². The molecule has 20 heavy (non-hydrogen) atoms. The number of Topliss-reactive ketones (excluding diaryl/α,β-unsaturated/α-hetero) is 1. The topological polar surface area (TPSA) is 17.1 Å². The Hall–Kier alpha value is -1.93. The Morgan fingerprint density at radius 1 is 1.10 bits per heavy atom. The third kappa shape index (κ3) is 2.39. The molecule has 0 atom stereocenters. The number of hydrogen-bond acceptors (Lipinski definition) is 1. The number of allylic oxidation sites excluding steroid dienone is 1. The van der Waals surface area contributed by atoms with Crippen LogP contribution in [0.3, 0.4) is 0 Å². The molecular weight excluding hydrogens is 275 g/mol. The van der Waals surface area contributed by atoms with E-state index >= 15 is 0 Å². The largest absolute Gasteiger partial charge is 0.289 e. The summed E-state index contributed by atoms with van der Waals surface area (Å²) in [6, 6.07) is 12.1. The Kier molecular flexibility index (Phi) is 3.41. The van der Waals surface area contributed by atoms with Crippen molar-refractivity contribution in [2.75, 3.05) is 0 Å². The third-order valence-electron chi connectivity index (χ3n) is 3.50. The number of benzene rings is 2. The second-order valence-corrected chi connectivity index (χ2v) is 5.24. The predicted octanol–water partition coefficient (Wildman–Crippen LogP) is 4.69. The number of halogens is 2. The Labute approximate surface area is 121 Å². The summed E-state index contributed by atoms with van der Waals surface area (Å²) in [4.78, 5) is 12.4. The van der Waals surface area contributed by atoms with Crippen LogP contribution in [-0.2, 0) is 6.42 Å². The quantitative estimate of drug-likeness (QED) is 0.695. The van der Waals surface area contributed by atoms with Crippen molar-refractivity contribution in [2.24, 2.45) is 0 Å². The van der Waals surface area contributed by atoms with Crippen molar-refractivity contribution in [3.05, 3.63) is 75.6 Å². The van der Waals surface area contributed by atoms with Gasteiger partial charge in [-0.2, -0.15) is 0 Å². The molecule has 0 saturated carbocycles. The molecule has 0 heterocycles. The minimum Gasteiger partial charge on any atom is -0.289 e. The average Bonchev–Trinajstić information content (AvgIpc) is 2.46. The van der Waals surface area contributed by atoms with Gasteiger partial charge in [-0.3, -0.25) is 4.79 Å². The van der Waals surface area contributed by atoms with Crippen LogP contribution in [0.1, 0.15) is 27.9 Å². The molecule has 0 amide bonds. The summed E-state index contributed by atoms with van der Waals surface area (Å²) in [7, 11) is 0. The molecule has 2 aromatic carbocycles. The van der Waals surface area contributed by atoms with Crippen LogP contribution in [0, 0.1) is 5.82 Å². The van der Waals surface area contributed by atoms with Gasteiger partial charge in [0.15, 0.2) is 5.78 Å². The maximum absolute atomic E-state index is 13.1. The highest BCUT2D eigenvalue weighted by atomic mass is 35.5. The molecule has 0 N–H and O–H groups in total. The van der Waals surface area contributed by atoms with Crippen LogP contribution in [0.2, 0.25) is 5.02 Å². The van der Waals surface area contributed by atoms with Gasteiger partial charge in [0.1, 0.15) is 5.82 Å². The molecule has 0 bridgehead atoms. The van der Waals surface area contributed by atoms with Crippen molar-refractivity contribution >= 4 is 23.5 Å². The normalized spacial score (nSPS) is 16.3. The van der Waals surface area contributed by atoms with Gasteiger partial charge in [0.05, 0.1) is 5.02 Å². The minimum atomic E-state index is -0.450. The molecule has 1 aliphatic carbocycles. The summed E-state index contributed by atoms with van der Waals surface area (Å²) in [5.41, 5.74) is 3.34. The van der Waals surface area contributed by atoms with E-state index in [2.05, 4.69) is 0 Å². The van der Waals surface area contributed by atoms with Crippen molar-refractivity contribution in [1.29, 1.82) is 0 Å². The minimum absolute atomic E-state index is 0.0484. The second-order valence-electron chi connectivity index (χ2n) is 4.83. The lowest BCUT2D eigenvalue weighted by molar-refractivity contribution is 0.102. The molecule has 0 unspecified atom stereocenters. The fourth-order valence-electron chi connectivity index (χ4n) is 2.46. The summed E-state index contributed by atoms with van der Waals surface area (Å²) in [5, 5.41) is 0.0722. The highest BCUT2D eigenvalue weighted by molar-refractivity contribution is 6.30. The molecule has 0 fully saturated rings. The van der Waals surface area contributed by atoms with Crippen LogP contribution in [0.4, 0.5) is 4.39 Å². The average molecular weight is 287 g/mol. The summed E-state index contributed by atoms with van der Waals surface area (Å²) in [5.74, 6) is -0.401. The molecule has 0 spiro atoms. The van der Waals surface area contributed by atoms with Crippen molar-refractivity contribution in [3.63, 3.8) is 0 Å². The summed E-state index contributed by atoms with van der Waals surface area (Å²) in [6.07, 6.45) is 3.34. The first-order chi connectivity index (χ1) is 9.65. The lowest BCUT2D eigenvalue weighted by atomic mass is 9.86. The number of rotatable bonds is 1. The van der Waals surface area contributed by atoms with Gasteiger partial charge in [0.2, 0.25) is 0 Å². The first-order valence-electron chi connectivity index (χ1n) is 6.43. The van der Waals surface area contributed by atoms with Crippen LogP contribution in [-0.4, -0.2) is 5.78 Å². The molecule has 3 rings (SSSR count). The predicted molar refractivity (Wildman–Crippen MR) is 78.5 cm³/mol. The van der Waals surface area contributed by atoms with E-state index in [9.17, 15) is 9.18 Å². The molecule has 3 heteroatoms. The molecule has 100 valence electrons. The van der Waals surface area contributed by atoms with Gasteiger partial charge in [-0.25, -0.2) is 4.39 Å². The second kappa shape index (κ2) is 5.22. The highest BCUT2D eigenvalue weighted by Gasteiger charge is 2.21. The lowest BCUT2D eigenvalue weighted by Crippen LogP contribution is -2.13. The number of carbonyl (C=O) groups excluding carboxylic acids is 1. The van der Waals surface area contributed by atoms with Gasteiger partial charge in [-0.05, 0) is 42.2 Å². The molecule has 0 aliphatic heterocycles. The van der Waals surface area contributed by atoms with Crippen LogP contribution in [0.5, 0.6) is 0 Å². The standard InChI is InChI=1S/C17H12ClFO/c18-15-10-11(5-8-16(15)19)9-13-7-6-12-3-1-2-4-14(12)17(13)20/h1-5,8-10H,6-7H2. The maximum Gasteiger partial charge on any atom is 0.189 e. The van der Waals surface area contributed by atoms with Crippen molar-refractivity contribution < 1.29 is 9.18 Å². The van der Waals surface area contributed by atoms with E-state index in [1.807, 2.05) is 24.3 Å². The highest BCUT2D eigenvalue weighted by Crippen LogP contribution is 2.27. The zero-order chi connectivity index (χ0) is 14.1. The first-order valence-corrected chi connectivity index (χ1v) is 6.81. The number of hydrogen-bond donors (Lipinski definition) is 0. The summed E-state index contributed by atoms with van der Waals surface area (Å²) in [6.45, 7) is 0. The van der Waals surface area contributed by atoms with Gasteiger partial charge in [-0.15, -0.1) is 0 Å². The Morgan fingerprint density at radius 3 is 2.70 bits per heavy atom. The fourth-order valence-corrected chi connectivity index (χ4v) is 2.65. The molecule has 0 aromatic heterocycles. The smallest absolute Gasteiger partial charge is 0.189 e. The fraction of sp³-hybridized carbons (Fsp3) is 0.118. The SMILES string of the molecule is O=C1C(=Cc2ccc(F)c(Cl)c2)CCc2ccccc21. The van der Waals surface area contributed by atoms with Crippen molar-refractivity contribution in [3.8, 4) is 0 Å². The van der Waals surface area contributed by atoms with E-state index in [1.54, 1.807) is 12.1 Å². The van der Waals surface area contributed by atoms with Gasteiger partial charge < -0.3 is 0 Å². The molecular formula is C17H12ClFO. The van der Waals surface area contributed by atoms with Gasteiger partial charge in [0, 0.05) is 11.1 Å². The van der Waals surface area contributed by atoms with E-state index in [0.29, 0.717) is 6.42 Å². The van der Waals surface area contributed by atoms with Gasteiger partial charge >= 0.3 is 0 Å². The van der Waals surface area contributed by atoms with Crippen molar-refractivity contribution in [2.45, 2.75) is 12.8 Å². The summed E-state index contributed by atoms with van der Waals surface area (Å²) < 4.78 is 13.1. The van der Waals surface area contributed by atoms with E-state index in [1.165, 1.54) is 12.1 Å². The van der Waals surface area contributed by atoms with Gasteiger partial charge in [-0.1, -0.05) is 41.9 Å². The zero-order valence-corrected chi connectivity index (χ0v) is 11.5. The maximum atomic E-state index is 13.1. The van der Waals surface area contributed by atoms with Crippen LogP contribution in [0.25, 0.3) is 6.08 Å². The zero-order valence-electron chi connectivity index (χ0n) is 10.7. The van der Waals surface area contributed by atoms with E-state index in [-0.39, 0.29) is 10.8 Å². The molecule has 0 saturated heterocycles. The first kappa shape index (κ1) is 13.1. The van der Waals surface area contributed by atoms with Crippen LogP contribution < -0.4 is 0 Å². The number of ketones is 1.